The van der Waals surface area contributed by atoms with Crippen LogP contribution in [0.3, 0.4) is 0 Å². The van der Waals surface area contributed by atoms with Crippen LogP contribution in [0.25, 0.3) is 0 Å². The third-order valence-corrected chi connectivity index (χ3v) is 7.97. The van der Waals surface area contributed by atoms with Crippen LogP contribution in [0.2, 0.25) is 0 Å². The van der Waals surface area contributed by atoms with Gasteiger partial charge in [0, 0.05) is 62.8 Å². The highest BCUT2D eigenvalue weighted by Crippen LogP contribution is 2.40. The van der Waals surface area contributed by atoms with Crippen molar-refractivity contribution in [3.8, 4) is 5.75 Å². The number of rotatable bonds is 10. The number of benzene rings is 1. The first-order valence-electron chi connectivity index (χ1n) is 14.8. The lowest BCUT2D eigenvalue weighted by Crippen LogP contribution is -2.50. The van der Waals surface area contributed by atoms with Gasteiger partial charge in [0.25, 0.3) is 11.8 Å². The largest absolute Gasteiger partial charge is 0.482 e. The van der Waals surface area contributed by atoms with Gasteiger partial charge in [0.15, 0.2) is 6.10 Å². The van der Waals surface area contributed by atoms with E-state index in [1.807, 2.05) is 26.1 Å². The summed E-state index contributed by atoms with van der Waals surface area (Å²) in [6, 6.07) is 7.95. The lowest BCUT2D eigenvalue weighted by molar-refractivity contribution is 0.0935. The molecule has 3 aromatic rings. The van der Waals surface area contributed by atoms with E-state index < -0.39 is 6.10 Å². The number of piperazine rings is 1. The normalized spacial score (nSPS) is 17.9. The third-order valence-electron chi connectivity index (χ3n) is 7.97. The van der Waals surface area contributed by atoms with Gasteiger partial charge in [0.05, 0.1) is 11.3 Å². The van der Waals surface area contributed by atoms with E-state index in [9.17, 15) is 9.59 Å². The molecule has 0 radical (unpaired) electrons. The fourth-order valence-corrected chi connectivity index (χ4v) is 5.39. The molecule has 222 valence electrons. The first kappa shape index (κ1) is 29.6. The Labute approximate surface area is 247 Å². The van der Waals surface area contributed by atoms with Crippen LogP contribution in [-0.2, 0) is 6.42 Å². The molecule has 1 aliphatic carbocycles. The molecular weight excluding hydrogens is 530 g/mol. The number of nitrogens with one attached hydrogen (secondary N) is 3. The molecule has 1 aromatic carbocycles. The van der Waals surface area contributed by atoms with Crippen LogP contribution < -0.4 is 20.7 Å². The monoisotopic (exact) mass is 571 g/mol. The fraction of sp³-hybridized carbons (Fsp3) is 0.469. The standard InChI is InChI=1S/C32H41N7O3/c1-6-22-15-35-21(4)37-30(22)38-32(41)25-14-26(31(40)33-5)28(13-19(25)2)42-29(18-39-12-11-34-20(3)17-39)27-10-9-24(16-36-27)23-7-8-23/h9-10,13-16,20,23,29,34H,6-8,11-12,17-18H2,1-5H3,(H,33,40)(H,35,37,38,41)/t20-,29-/m1/s1. The maximum absolute atomic E-state index is 13.5. The molecule has 2 fully saturated rings. The highest BCUT2D eigenvalue weighted by Gasteiger charge is 2.28. The van der Waals surface area contributed by atoms with Gasteiger partial charge in [-0.1, -0.05) is 13.0 Å². The first-order chi connectivity index (χ1) is 20.2. The number of aromatic nitrogens is 3. The van der Waals surface area contributed by atoms with Crippen LogP contribution in [0.4, 0.5) is 5.82 Å². The smallest absolute Gasteiger partial charge is 0.257 e. The number of anilines is 1. The van der Waals surface area contributed by atoms with Crippen molar-refractivity contribution in [1.29, 1.82) is 0 Å². The van der Waals surface area contributed by atoms with E-state index in [4.69, 9.17) is 9.72 Å². The van der Waals surface area contributed by atoms with E-state index in [0.717, 1.165) is 30.9 Å². The van der Waals surface area contributed by atoms with Crippen molar-refractivity contribution < 1.29 is 14.3 Å². The summed E-state index contributed by atoms with van der Waals surface area (Å²) >= 11 is 0. The molecule has 2 aliphatic rings. The molecule has 5 rings (SSSR count). The molecule has 3 heterocycles. The molecule has 42 heavy (non-hydrogen) atoms. The minimum Gasteiger partial charge on any atom is -0.482 e. The van der Waals surface area contributed by atoms with E-state index in [-0.39, 0.29) is 17.4 Å². The maximum atomic E-state index is 13.5. The summed E-state index contributed by atoms with van der Waals surface area (Å²) in [6.45, 7) is 11.1. The minimum atomic E-state index is -0.401. The van der Waals surface area contributed by atoms with Crippen LogP contribution in [0.5, 0.6) is 5.75 Å². The zero-order valence-corrected chi connectivity index (χ0v) is 25.2. The van der Waals surface area contributed by atoms with E-state index in [2.05, 4.69) is 43.8 Å². The van der Waals surface area contributed by atoms with Crippen molar-refractivity contribution in [3.63, 3.8) is 0 Å². The summed E-state index contributed by atoms with van der Waals surface area (Å²) in [5, 5.41) is 9.11. The molecular formula is C32H41N7O3. The average Bonchev–Trinajstić information content (AvgIpc) is 3.83. The van der Waals surface area contributed by atoms with Gasteiger partial charge in [-0.2, -0.15) is 0 Å². The lowest BCUT2D eigenvalue weighted by Gasteiger charge is -2.34. The summed E-state index contributed by atoms with van der Waals surface area (Å²) in [4.78, 5) is 42.4. The lowest BCUT2D eigenvalue weighted by atomic mass is 10.0. The van der Waals surface area contributed by atoms with Crippen molar-refractivity contribution in [2.45, 2.75) is 65.0 Å². The second-order valence-electron chi connectivity index (χ2n) is 11.4. The molecule has 0 spiro atoms. The second kappa shape index (κ2) is 13.0. The van der Waals surface area contributed by atoms with E-state index >= 15 is 0 Å². The van der Waals surface area contributed by atoms with Crippen LogP contribution >= 0.6 is 0 Å². The summed E-state index contributed by atoms with van der Waals surface area (Å²) in [5.41, 5.74) is 4.26. The fourth-order valence-electron chi connectivity index (χ4n) is 5.39. The number of carbonyl (C=O) groups is 2. The topological polar surface area (TPSA) is 121 Å². The predicted molar refractivity (Wildman–Crippen MR) is 162 cm³/mol. The van der Waals surface area contributed by atoms with Crippen LogP contribution in [0.1, 0.15) is 87.6 Å². The van der Waals surface area contributed by atoms with Gasteiger partial charge in [-0.05, 0) is 75.3 Å². The molecule has 0 unspecified atom stereocenters. The van der Waals surface area contributed by atoms with Crippen molar-refractivity contribution in [2.24, 2.45) is 0 Å². The Balaban J connectivity index is 1.46. The van der Waals surface area contributed by atoms with Gasteiger partial charge < -0.3 is 20.7 Å². The van der Waals surface area contributed by atoms with Crippen molar-refractivity contribution >= 4 is 17.6 Å². The summed E-state index contributed by atoms with van der Waals surface area (Å²) < 4.78 is 6.66. The highest BCUT2D eigenvalue weighted by atomic mass is 16.5. The second-order valence-corrected chi connectivity index (χ2v) is 11.4. The zero-order chi connectivity index (χ0) is 29.8. The number of pyridine rings is 1. The van der Waals surface area contributed by atoms with Crippen molar-refractivity contribution in [3.05, 3.63) is 76.0 Å². The molecule has 0 bridgehead atoms. The Morgan fingerprint density at radius 1 is 1.12 bits per heavy atom. The van der Waals surface area contributed by atoms with E-state index in [0.29, 0.717) is 53.4 Å². The Kier molecular flexibility index (Phi) is 9.13. The molecule has 10 nitrogen and oxygen atoms in total. The van der Waals surface area contributed by atoms with Gasteiger partial charge in [0.2, 0.25) is 0 Å². The summed E-state index contributed by atoms with van der Waals surface area (Å²) in [5.74, 6) is 1.39. The number of aryl methyl sites for hydroxylation is 3. The van der Waals surface area contributed by atoms with Gasteiger partial charge in [-0.3, -0.25) is 19.5 Å². The molecule has 1 saturated heterocycles. The van der Waals surface area contributed by atoms with Gasteiger partial charge in [-0.25, -0.2) is 9.97 Å². The Bertz CT molecular complexity index is 1440. The maximum Gasteiger partial charge on any atom is 0.257 e. The molecule has 3 N–H and O–H groups in total. The van der Waals surface area contributed by atoms with Crippen LogP contribution in [-0.4, -0.2) is 70.9 Å². The van der Waals surface area contributed by atoms with Gasteiger partial charge in [0.1, 0.15) is 17.4 Å². The SMILES string of the molecule is CCc1cnc(C)nc1NC(=O)c1cc(C(=O)NC)c(O[C@H](CN2CCN[C@H](C)C2)c2ccc(C3CC3)cn2)cc1C. The Morgan fingerprint density at radius 2 is 1.93 bits per heavy atom. The zero-order valence-electron chi connectivity index (χ0n) is 25.2. The first-order valence-corrected chi connectivity index (χ1v) is 14.8. The predicted octanol–water partition coefficient (Wildman–Crippen LogP) is 3.95. The van der Waals surface area contributed by atoms with E-state index in [1.54, 1.807) is 32.3 Å². The van der Waals surface area contributed by atoms with Crippen molar-refractivity contribution in [1.82, 2.24) is 30.5 Å². The quantitative estimate of drug-likeness (QED) is 0.335. The molecule has 1 aliphatic heterocycles. The Hall–Kier alpha value is -3.89. The summed E-state index contributed by atoms with van der Waals surface area (Å²) in [7, 11) is 1.57. The molecule has 2 atom stereocenters. The number of carbonyl (C=O) groups excluding carboxylic acids is 2. The molecule has 10 heteroatoms. The van der Waals surface area contributed by atoms with Gasteiger partial charge >= 0.3 is 0 Å². The molecule has 2 aromatic heterocycles. The van der Waals surface area contributed by atoms with Crippen LogP contribution in [0, 0.1) is 13.8 Å². The van der Waals surface area contributed by atoms with Crippen LogP contribution in [0.15, 0.2) is 36.7 Å². The molecule has 1 saturated carbocycles. The molecule has 2 amide bonds. The number of amides is 2. The summed E-state index contributed by atoms with van der Waals surface area (Å²) in [6.07, 6.45) is 6.38. The van der Waals surface area contributed by atoms with E-state index in [1.165, 1.54) is 18.4 Å². The third kappa shape index (κ3) is 6.94. The number of hydrogen-bond acceptors (Lipinski definition) is 8. The average molecular weight is 572 g/mol. The highest BCUT2D eigenvalue weighted by molar-refractivity contribution is 6.07. The van der Waals surface area contributed by atoms with Gasteiger partial charge in [-0.15, -0.1) is 0 Å². The Morgan fingerprint density at radius 3 is 2.60 bits per heavy atom. The van der Waals surface area contributed by atoms with Crippen molar-refractivity contribution in [2.75, 3.05) is 38.5 Å². The number of ether oxygens (including phenoxy) is 1. The number of hydrogen-bond donors (Lipinski definition) is 3. The number of nitrogens with zero attached hydrogens (tertiary/aromatic N) is 4. The minimum absolute atomic E-state index is 0.288.